The molecular weight excluding hydrogens is 238 g/mol. The van der Waals surface area contributed by atoms with Gasteiger partial charge in [0.15, 0.2) is 0 Å². The summed E-state index contributed by atoms with van der Waals surface area (Å²) in [6, 6.07) is 0. The Hall–Kier alpha value is -0.610. The lowest BCUT2D eigenvalue weighted by molar-refractivity contribution is -0.135. The smallest absolute Gasteiger partial charge is 0.225 e. The zero-order valence-electron chi connectivity index (χ0n) is 12.1. The van der Waals surface area contributed by atoms with Gasteiger partial charge in [-0.1, -0.05) is 12.8 Å². The van der Waals surface area contributed by atoms with Gasteiger partial charge in [0.25, 0.3) is 0 Å². The van der Waals surface area contributed by atoms with Gasteiger partial charge >= 0.3 is 0 Å². The zero-order chi connectivity index (χ0) is 13.5. The van der Waals surface area contributed by atoms with E-state index >= 15 is 0 Å². The van der Waals surface area contributed by atoms with Crippen molar-refractivity contribution in [1.29, 1.82) is 0 Å². The Bertz CT molecular complexity index is 277. The molecule has 0 spiro atoms. The Kier molecular flexibility index (Phi) is 6.11. The zero-order valence-corrected chi connectivity index (χ0v) is 12.1. The van der Waals surface area contributed by atoms with Crippen LogP contribution in [0.5, 0.6) is 0 Å². The minimum Gasteiger partial charge on any atom is -0.341 e. The van der Waals surface area contributed by atoms with E-state index in [0.717, 1.165) is 65.0 Å². The number of rotatable bonds is 5. The molecule has 0 radical (unpaired) electrons. The largest absolute Gasteiger partial charge is 0.341 e. The predicted molar refractivity (Wildman–Crippen MR) is 77.9 cm³/mol. The number of unbranched alkanes of at least 4 members (excludes halogenated alkanes) is 1. The van der Waals surface area contributed by atoms with Gasteiger partial charge in [-0.05, 0) is 51.7 Å². The fraction of sp³-hybridized carbons (Fsp3) is 0.933. The van der Waals surface area contributed by atoms with Crippen molar-refractivity contribution in [2.45, 2.75) is 44.9 Å². The van der Waals surface area contributed by atoms with Gasteiger partial charge in [-0.25, -0.2) is 0 Å². The molecule has 4 heteroatoms. The van der Waals surface area contributed by atoms with Crippen LogP contribution >= 0.6 is 0 Å². The number of hydrogen-bond acceptors (Lipinski definition) is 3. The molecule has 0 aromatic heterocycles. The average Bonchev–Trinajstić information content (AvgIpc) is 2.85. The van der Waals surface area contributed by atoms with Crippen LogP contribution in [0.1, 0.15) is 44.9 Å². The third-order valence-corrected chi connectivity index (χ3v) is 4.53. The molecule has 110 valence electrons. The molecule has 0 atom stereocenters. The summed E-state index contributed by atoms with van der Waals surface area (Å²) in [5.41, 5.74) is 5.54. The number of hydrogen-bond donors (Lipinski definition) is 1. The van der Waals surface area contributed by atoms with E-state index in [9.17, 15) is 4.79 Å². The molecule has 19 heavy (non-hydrogen) atoms. The maximum atomic E-state index is 12.4. The van der Waals surface area contributed by atoms with Gasteiger partial charge < -0.3 is 15.5 Å². The standard InChI is InChI=1S/C15H29N3O/c16-8-3-4-9-17-10-5-11-18(13-12-17)15(19)14-6-1-2-7-14/h14H,1-13,16H2. The molecule has 0 unspecified atom stereocenters. The van der Waals surface area contributed by atoms with Crippen LogP contribution < -0.4 is 5.73 Å². The lowest BCUT2D eigenvalue weighted by Gasteiger charge is -2.24. The highest BCUT2D eigenvalue weighted by Gasteiger charge is 2.28. The van der Waals surface area contributed by atoms with E-state index in [1.807, 2.05) is 0 Å². The van der Waals surface area contributed by atoms with Gasteiger partial charge in [0.2, 0.25) is 5.91 Å². The summed E-state index contributed by atoms with van der Waals surface area (Å²) >= 11 is 0. The molecule has 0 aromatic rings. The van der Waals surface area contributed by atoms with Crippen LogP contribution in [0.2, 0.25) is 0 Å². The lowest BCUT2D eigenvalue weighted by atomic mass is 10.1. The van der Waals surface area contributed by atoms with Crippen molar-refractivity contribution in [2.24, 2.45) is 11.7 Å². The second-order valence-electron chi connectivity index (χ2n) is 6.00. The number of nitrogens with zero attached hydrogens (tertiary/aromatic N) is 2. The normalized spacial score (nSPS) is 22.7. The molecule has 2 fully saturated rings. The average molecular weight is 267 g/mol. The minimum absolute atomic E-state index is 0.337. The summed E-state index contributed by atoms with van der Waals surface area (Å²) < 4.78 is 0. The third-order valence-electron chi connectivity index (χ3n) is 4.53. The first-order chi connectivity index (χ1) is 9.31. The molecule has 2 aliphatic rings. The fourth-order valence-corrected chi connectivity index (χ4v) is 3.33. The van der Waals surface area contributed by atoms with Gasteiger partial charge in [0, 0.05) is 25.6 Å². The molecule has 1 heterocycles. The maximum Gasteiger partial charge on any atom is 0.225 e. The summed E-state index contributed by atoms with van der Waals surface area (Å²) in [4.78, 5) is 17.0. The minimum atomic E-state index is 0.337. The molecule has 1 aliphatic heterocycles. The number of amides is 1. The molecule has 0 bridgehead atoms. The predicted octanol–water partition coefficient (Wildman–Crippen LogP) is 1.45. The Labute approximate surface area is 117 Å². The van der Waals surface area contributed by atoms with Crippen LogP contribution in [0.4, 0.5) is 0 Å². The second-order valence-corrected chi connectivity index (χ2v) is 6.00. The van der Waals surface area contributed by atoms with Gasteiger partial charge in [0.1, 0.15) is 0 Å². The number of carbonyl (C=O) groups is 1. The molecule has 1 aliphatic carbocycles. The highest BCUT2D eigenvalue weighted by molar-refractivity contribution is 5.79. The van der Waals surface area contributed by atoms with Crippen molar-refractivity contribution in [3.63, 3.8) is 0 Å². The highest BCUT2D eigenvalue weighted by Crippen LogP contribution is 2.26. The van der Waals surface area contributed by atoms with E-state index in [4.69, 9.17) is 5.73 Å². The summed E-state index contributed by atoms with van der Waals surface area (Å²) in [6.07, 6.45) is 8.16. The molecule has 0 aromatic carbocycles. The molecule has 1 amide bonds. The topological polar surface area (TPSA) is 49.6 Å². The van der Waals surface area contributed by atoms with Gasteiger partial charge in [-0.2, -0.15) is 0 Å². The quantitative estimate of drug-likeness (QED) is 0.767. The summed E-state index contributed by atoms with van der Waals surface area (Å²) in [5.74, 6) is 0.769. The van der Waals surface area contributed by atoms with Gasteiger partial charge in [-0.3, -0.25) is 4.79 Å². The van der Waals surface area contributed by atoms with E-state index < -0.39 is 0 Å². The van der Waals surface area contributed by atoms with E-state index in [0.29, 0.717) is 11.8 Å². The van der Waals surface area contributed by atoms with Crippen LogP contribution in [0.25, 0.3) is 0 Å². The first-order valence-electron chi connectivity index (χ1n) is 8.02. The van der Waals surface area contributed by atoms with E-state index in [1.54, 1.807) is 0 Å². The fourth-order valence-electron chi connectivity index (χ4n) is 3.33. The number of nitrogens with two attached hydrogens (primary N) is 1. The lowest BCUT2D eigenvalue weighted by Crippen LogP contribution is -2.38. The molecule has 2 rings (SSSR count). The molecule has 2 N–H and O–H groups in total. The second kappa shape index (κ2) is 7.85. The Morgan fingerprint density at radius 1 is 1.00 bits per heavy atom. The molecular formula is C15H29N3O. The third kappa shape index (κ3) is 4.46. The highest BCUT2D eigenvalue weighted by atomic mass is 16.2. The van der Waals surface area contributed by atoms with Crippen molar-refractivity contribution in [3.8, 4) is 0 Å². The summed E-state index contributed by atoms with van der Waals surface area (Å²) in [7, 11) is 0. The Balaban J connectivity index is 1.74. The van der Waals surface area contributed by atoms with Gasteiger partial charge in [-0.15, -0.1) is 0 Å². The Morgan fingerprint density at radius 2 is 1.79 bits per heavy atom. The summed E-state index contributed by atoms with van der Waals surface area (Å²) in [6.45, 7) is 6.01. The van der Waals surface area contributed by atoms with Crippen LogP contribution in [0.3, 0.4) is 0 Å². The first-order valence-corrected chi connectivity index (χ1v) is 8.02. The molecule has 1 saturated carbocycles. The first kappa shape index (κ1) is 14.8. The van der Waals surface area contributed by atoms with Crippen LogP contribution in [-0.2, 0) is 4.79 Å². The summed E-state index contributed by atoms with van der Waals surface area (Å²) in [5, 5.41) is 0. The van der Waals surface area contributed by atoms with E-state index in [1.165, 1.54) is 19.3 Å². The van der Waals surface area contributed by atoms with Crippen LogP contribution in [0.15, 0.2) is 0 Å². The van der Waals surface area contributed by atoms with Crippen molar-refractivity contribution in [2.75, 3.05) is 39.3 Å². The molecule has 4 nitrogen and oxygen atoms in total. The van der Waals surface area contributed by atoms with Crippen LogP contribution in [0, 0.1) is 5.92 Å². The van der Waals surface area contributed by atoms with Crippen molar-refractivity contribution >= 4 is 5.91 Å². The molecule has 1 saturated heterocycles. The van der Waals surface area contributed by atoms with Gasteiger partial charge in [0.05, 0.1) is 0 Å². The van der Waals surface area contributed by atoms with Crippen molar-refractivity contribution < 1.29 is 4.79 Å². The van der Waals surface area contributed by atoms with Crippen molar-refractivity contribution in [3.05, 3.63) is 0 Å². The monoisotopic (exact) mass is 267 g/mol. The van der Waals surface area contributed by atoms with E-state index in [-0.39, 0.29) is 0 Å². The van der Waals surface area contributed by atoms with Crippen molar-refractivity contribution in [1.82, 2.24) is 9.80 Å². The maximum absolute atomic E-state index is 12.4. The van der Waals surface area contributed by atoms with E-state index in [2.05, 4.69) is 9.80 Å². The van der Waals surface area contributed by atoms with Crippen LogP contribution in [-0.4, -0.2) is 55.0 Å². The Morgan fingerprint density at radius 3 is 2.53 bits per heavy atom. The number of carbonyl (C=O) groups excluding carboxylic acids is 1. The SMILES string of the molecule is NCCCCN1CCCN(C(=O)C2CCCC2)CC1.